The molecule has 0 saturated heterocycles. The fraction of sp³-hybridized carbons (Fsp3) is 1.00. The van der Waals surface area contributed by atoms with Crippen LogP contribution in [0.25, 0.3) is 0 Å². The highest BCUT2D eigenvalue weighted by Gasteiger charge is 2.09. The van der Waals surface area contributed by atoms with Gasteiger partial charge in [0.1, 0.15) is 0 Å². The number of nitrogens with two attached hydrogens (primary N) is 1. The van der Waals surface area contributed by atoms with Crippen LogP contribution in [-0.4, -0.2) is 40.6 Å². The van der Waals surface area contributed by atoms with E-state index in [1.807, 2.05) is 0 Å². The smallest absolute Gasteiger partial charge is 0.211 e. The van der Waals surface area contributed by atoms with E-state index in [2.05, 4.69) is 20.8 Å². The summed E-state index contributed by atoms with van der Waals surface area (Å²) in [6.07, 6.45) is 0.990. The molecular weight excluding hydrogens is 230 g/mol. The molecule has 5 nitrogen and oxygen atoms in total. The van der Waals surface area contributed by atoms with Crippen molar-refractivity contribution in [3.63, 3.8) is 0 Å². The lowest BCUT2D eigenvalue weighted by molar-refractivity contribution is 0.0436. The third-order valence-electron chi connectivity index (χ3n) is 1.88. The summed E-state index contributed by atoms with van der Waals surface area (Å²) in [4.78, 5) is 0. The molecule has 98 valence electrons. The molecule has 0 aromatic carbocycles. The van der Waals surface area contributed by atoms with Gasteiger partial charge in [0.15, 0.2) is 0 Å². The molecule has 0 saturated carbocycles. The van der Waals surface area contributed by atoms with Crippen molar-refractivity contribution in [2.24, 2.45) is 10.6 Å². The predicted molar refractivity (Wildman–Crippen MR) is 63.7 cm³/mol. The highest BCUT2D eigenvalue weighted by Crippen LogP contribution is 2.17. The summed E-state index contributed by atoms with van der Waals surface area (Å²) >= 11 is 0. The van der Waals surface area contributed by atoms with Crippen LogP contribution in [0, 0.1) is 5.41 Å². The highest BCUT2D eigenvalue weighted by atomic mass is 32.2. The second-order valence-electron chi connectivity index (χ2n) is 4.90. The van der Waals surface area contributed by atoms with Crippen LogP contribution in [0.2, 0.25) is 0 Å². The Morgan fingerprint density at radius 1 is 1.00 bits per heavy atom. The molecule has 0 unspecified atom stereocenters. The van der Waals surface area contributed by atoms with Gasteiger partial charge in [0.05, 0.1) is 25.6 Å². The number of hydrogen-bond donors (Lipinski definition) is 1. The Hall–Kier alpha value is -0.170. The van der Waals surface area contributed by atoms with Gasteiger partial charge in [-0.3, -0.25) is 0 Å². The van der Waals surface area contributed by atoms with Crippen molar-refractivity contribution >= 4 is 10.0 Å². The lowest BCUT2D eigenvalue weighted by Crippen LogP contribution is -2.21. The minimum Gasteiger partial charge on any atom is -0.379 e. The lowest BCUT2D eigenvalue weighted by Gasteiger charge is -2.17. The van der Waals surface area contributed by atoms with E-state index in [1.54, 1.807) is 0 Å². The van der Waals surface area contributed by atoms with E-state index in [1.165, 1.54) is 0 Å². The number of sulfonamides is 1. The monoisotopic (exact) mass is 253 g/mol. The molecule has 0 aliphatic heterocycles. The van der Waals surface area contributed by atoms with Gasteiger partial charge in [-0.25, -0.2) is 13.6 Å². The third kappa shape index (κ3) is 13.8. The van der Waals surface area contributed by atoms with Gasteiger partial charge in [0.25, 0.3) is 0 Å². The quantitative estimate of drug-likeness (QED) is 0.647. The van der Waals surface area contributed by atoms with E-state index in [9.17, 15) is 8.42 Å². The minimum absolute atomic E-state index is 0.126. The SMILES string of the molecule is CC(C)(C)CCOCCOCCS(N)(=O)=O. The first-order valence-corrected chi connectivity index (χ1v) is 7.08. The fourth-order valence-electron chi connectivity index (χ4n) is 0.875. The van der Waals surface area contributed by atoms with Gasteiger partial charge >= 0.3 is 0 Å². The van der Waals surface area contributed by atoms with Crippen molar-refractivity contribution in [1.29, 1.82) is 0 Å². The van der Waals surface area contributed by atoms with Gasteiger partial charge in [-0.15, -0.1) is 0 Å². The summed E-state index contributed by atoms with van der Waals surface area (Å²) in [5.41, 5.74) is 0.272. The Kier molecular flexibility index (Phi) is 7.14. The van der Waals surface area contributed by atoms with Gasteiger partial charge in [0, 0.05) is 6.61 Å². The van der Waals surface area contributed by atoms with Gasteiger partial charge in [-0.05, 0) is 11.8 Å². The average Bonchev–Trinajstić information content (AvgIpc) is 2.06. The van der Waals surface area contributed by atoms with Crippen LogP contribution in [0.4, 0.5) is 0 Å². The van der Waals surface area contributed by atoms with Crippen LogP contribution in [0.1, 0.15) is 27.2 Å². The molecule has 0 spiro atoms. The zero-order valence-electron chi connectivity index (χ0n) is 10.4. The van der Waals surface area contributed by atoms with Crippen molar-refractivity contribution < 1.29 is 17.9 Å². The molecule has 16 heavy (non-hydrogen) atoms. The fourth-order valence-corrected chi connectivity index (χ4v) is 1.23. The van der Waals surface area contributed by atoms with E-state index in [0.717, 1.165) is 6.42 Å². The maximum Gasteiger partial charge on any atom is 0.211 e. The third-order valence-corrected chi connectivity index (χ3v) is 2.62. The minimum atomic E-state index is -3.41. The number of ether oxygens (including phenoxy) is 2. The van der Waals surface area contributed by atoms with E-state index < -0.39 is 10.0 Å². The Labute approximate surface area is 98.4 Å². The zero-order valence-corrected chi connectivity index (χ0v) is 11.2. The second-order valence-corrected chi connectivity index (χ2v) is 6.64. The van der Waals surface area contributed by atoms with Crippen LogP contribution >= 0.6 is 0 Å². The molecule has 0 radical (unpaired) electrons. The molecular formula is C10H23NO4S. The number of rotatable bonds is 8. The largest absolute Gasteiger partial charge is 0.379 e. The first-order valence-electron chi connectivity index (χ1n) is 5.37. The van der Waals surface area contributed by atoms with Crippen molar-refractivity contribution in [1.82, 2.24) is 0 Å². The lowest BCUT2D eigenvalue weighted by atomic mass is 9.93. The molecule has 0 aromatic heterocycles. The molecule has 0 aromatic rings. The van der Waals surface area contributed by atoms with Crippen LogP contribution in [0.3, 0.4) is 0 Å². The maximum absolute atomic E-state index is 10.5. The second kappa shape index (κ2) is 7.21. The summed E-state index contributed by atoms with van der Waals surface area (Å²) in [6, 6.07) is 0. The first-order chi connectivity index (χ1) is 7.21. The predicted octanol–water partition coefficient (Wildman–Crippen LogP) is 0.744. The molecule has 0 rings (SSSR count). The van der Waals surface area contributed by atoms with Crippen LogP contribution < -0.4 is 5.14 Å². The summed E-state index contributed by atoms with van der Waals surface area (Å²) in [7, 11) is -3.41. The van der Waals surface area contributed by atoms with Gasteiger partial charge in [0.2, 0.25) is 10.0 Å². The summed E-state index contributed by atoms with van der Waals surface area (Å²) in [5, 5.41) is 4.81. The van der Waals surface area contributed by atoms with Gasteiger partial charge in [-0.2, -0.15) is 0 Å². The molecule has 6 heteroatoms. The topological polar surface area (TPSA) is 78.6 Å². The summed E-state index contributed by atoms with van der Waals surface area (Å²) < 4.78 is 31.5. The normalized spacial score (nSPS) is 13.0. The van der Waals surface area contributed by atoms with Crippen LogP contribution in [-0.2, 0) is 19.5 Å². The number of primary sulfonamides is 1. The Balaban J connectivity index is 3.23. The van der Waals surface area contributed by atoms with E-state index in [4.69, 9.17) is 14.6 Å². The van der Waals surface area contributed by atoms with Gasteiger partial charge in [-0.1, -0.05) is 20.8 Å². The molecule has 2 N–H and O–H groups in total. The van der Waals surface area contributed by atoms with E-state index in [0.29, 0.717) is 19.8 Å². The van der Waals surface area contributed by atoms with E-state index >= 15 is 0 Å². The summed E-state index contributed by atoms with van der Waals surface area (Å²) in [6.45, 7) is 8.17. The standard InChI is InChI=1S/C10H23NO4S/c1-10(2,3)4-5-14-6-7-15-8-9-16(11,12)13/h4-9H2,1-3H3,(H2,11,12,13). The van der Waals surface area contributed by atoms with Crippen LogP contribution in [0.5, 0.6) is 0 Å². The van der Waals surface area contributed by atoms with Crippen molar-refractivity contribution in [3.8, 4) is 0 Å². The average molecular weight is 253 g/mol. The number of hydrogen-bond acceptors (Lipinski definition) is 4. The molecule has 0 aliphatic rings. The van der Waals surface area contributed by atoms with Crippen molar-refractivity contribution in [2.75, 3.05) is 32.2 Å². The molecule has 0 aliphatic carbocycles. The highest BCUT2D eigenvalue weighted by molar-refractivity contribution is 7.89. The summed E-state index contributed by atoms with van der Waals surface area (Å²) in [5.74, 6) is -0.144. The van der Waals surface area contributed by atoms with E-state index in [-0.39, 0.29) is 17.8 Å². The first kappa shape index (κ1) is 15.8. The Morgan fingerprint density at radius 3 is 1.94 bits per heavy atom. The van der Waals surface area contributed by atoms with Crippen LogP contribution in [0.15, 0.2) is 0 Å². The van der Waals surface area contributed by atoms with Gasteiger partial charge < -0.3 is 9.47 Å². The Morgan fingerprint density at radius 2 is 1.50 bits per heavy atom. The molecule has 0 atom stereocenters. The zero-order chi connectivity index (χ0) is 12.7. The van der Waals surface area contributed by atoms with Crippen molar-refractivity contribution in [2.45, 2.75) is 27.2 Å². The molecule has 0 heterocycles. The Bertz CT molecular complexity index is 269. The molecule has 0 bridgehead atoms. The molecule has 0 fully saturated rings. The van der Waals surface area contributed by atoms with Crippen molar-refractivity contribution in [3.05, 3.63) is 0 Å². The molecule has 0 amide bonds. The maximum atomic E-state index is 10.5.